The van der Waals surface area contributed by atoms with Crippen LogP contribution in [0.5, 0.6) is 5.75 Å². The Morgan fingerprint density at radius 3 is 2.81 bits per heavy atom. The molecule has 1 saturated carbocycles. The first-order chi connectivity index (χ1) is 10.3. The molecule has 0 radical (unpaired) electrons. The van der Waals surface area contributed by atoms with Gasteiger partial charge in [0, 0.05) is 24.7 Å². The fourth-order valence-corrected chi connectivity index (χ4v) is 3.44. The minimum absolute atomic E-state index is 0.803. The van der Waals surface area contributed by atoms with Crippen molar-refractivity contribution in [3.05, 3.63) is 29.3 Å². The summed E-state index contributed by atoms with van der Waals surface area (Å²) in [6.07, 6.45) is 5.45. The van der Waals surface area contributed by atoms with Crippen LogP contribution in [0.2, 0.25) is 0 Å². The highest BCUT2D eigenvalue weighted by atomic mass is 16.5. The van der Waals surface area contributed by atoms with Crippen molar-refractivity contribution in [2.24, 2.45) is 5.92 Å². The second-order valence-electron chi connectivity index (χ2n) is 6.69. The molecule has 1 saturated heterocycles. The SMILES string of the molecule is COc1ccc(C)cc1CN(CC1CCCNC1)C1CC1. The molecule has 1 aromatic rings. The quantitative estimate of drug-likeness (QED) is 0.871. The average molecular weight is 288 g/mol. The first-order valence-corrected chi connectivity index (χ1v) is 8.34. The van der Waals surface area contributed by atoms with Gasteiger partial charge in [0.05, 0.1) is 7.11 Å². The van der Waals surface area contributed by atoms with Crippen LogP contribution >= 0.6 is 0 Å². The van der Waals surface area contributed by atoms with E-state index in [0.717, 1.165) is 24.3 Å². The number of nitrogens with one attached hydrogen (secondary N) is 1. The predicted molar refractivity (Wildman–Crippen MR) is 86.8 cm³/mol. The summed E-state index contributed by atoms with van der Waals surface area (Å²) in [4.78, 5) is 2.69. The zero-order valence-electron chi connectivity index (χ0n) is 13.4. The molecule has 0 amide bonds. The summed E-state index contributed by atoms with van der Waals surface area (Å²) in [5, 5.41) is 3.54. The summed E-state index contributed by atoms with van der Waals surface area (Å²) in [5.74, 6) is 1.85. The number of piperidine rings is 1. The topological polar surface area (TPSA) is 24.5 Å². The Morgan fingerprint density at radius 2 is 2.14 bits per heavy atom. The standard InChI is InChI=1S/C18H28N2O/c1-14-5-8-18(21-2)16(10-14)13-20(17-6-7-17)12-15-4-3-9-19-11-15/h5,8,10,15,17,19H,3-4,6-7,9,11-13H2,1-2H3. The molecule has 1 aliphatic heterocycles. The zero-order chi connectivity index (χ0) is 14.7. The van der Waals surface area contributed by atoms with E-state index < -0.39 is 0 Å². The molecule has 1 unspecified atom stereocenters. The summed E-state index contributed by atoms with van der Waals surface area (Å²) in [6.45, 7) is 6.82. The van der Waals surface area contributed by atoms with E-state index in [-0.39, 0.29) is 0 Å². The first kappa shape index (κ1) is 14.9. The van der Waals surface area contributed by atoms with Crippen molar-refractivity contribution in [3.63, 3.8) is 0 Å². The third-order valence-corrected chi connectivity index (χ3v) is 4.76. The molecule has 1 heterocycles. The molecule has 0 spiro atoms. The van der Waals surface area contributed by atoms with E-state index in [0.29, 0.717) is 0 Å². The summed E-state index contributed by atoms with van der Waals surface area (Å²) in [5.41, 5.74) is 2.66. The normalized spacial score (nSPS) is 22.5. The van der Waals surface area contributed by atoms with Crippen molar-refractivity contribution in [2.75, 3.05) is 26.7 Å². The lowest BCUT2D eigenvalue weighted by Gasteiger charge is -2.30. The molecule has 1 atom stereocenters. The van der Waals surface area contributed by atoms with Crippen LogP contribution in [0.15, 0.2) is 18.2 Å². The van der Waals surface area contributed by atoms with Crippen molar-refractivity contribution >= 4 is 0 Å². The lowest BCUT2D eigenvalue weighted by Crippen LogP contribution is -2.39. The molecule has 116 valence electrons. The van der Waals surface area contributed by atoms with Crippen LogP contribution in [0.1, 0.15) is 36.8 Å². The number of nitrogens with zero attached hydrogens (tertiary/aromatic N) is 1. The third-order valence-electron chi connectivity index (χ3n) is 4.76. The van der Waals surface area contributed by atoms with Gasteiger partial charge < -0.3 is 10.1 Å². The zero-order valence-corrected chi connectivity index (χ0v) is 13.4. The number of hydrogen-bond acceptors (Lipinski definition) is 3. The number of ether oxygens (including phenoxy) is 1. The molecular formula is C18H28N2O. The number of methoxy groups -OCH3 is 1. The van der Waals surface area contributed by atoms with Crippen LogP contribution in [-0.4, -0.2) is 37.7 Å². The minimum Gasteiger partial charge on any atom is -0.496 e. The van der Waals surface area contributed by atoms with Gasteiger partial charge in [-0.05, 0) is 57.7 Å². The van der Waals surface area contributed by atoms with E-state index in [1.165, 1.54) is 56.4 Å². The fraction of sp³-hybridized carbons (Fsp3) is 0.667. The van der Waals surface area contributed by atoms with Gasteiger partial charge in [-0.1, -0.05) is 17.7 Å². The van der Waals surface area contributed by atoms with Crippen LogP contribution in [0.3, 0.4) is 0 Å². The largest absolute Gasteiger partial charge is 0.496 e. The second kappa shape index (κ2) is 6.80. The van der Waals surface area contributed by atoms with Gasteiger partial charge in [0.25, 0.3) is 0 Å². The Kier molecular flexibility index (Phi) is 4.81. The molecule has 2 aliphatic rings. The Bertz CT molecular complexity index is 464. The highest BCUT2D eigenvalue weighted by Crippen LogP contribution is 2.32. The predicted octanol–water partition coefficient (Wildman–Crippen LogP) is 2.97. The van der Waals surface area contributed by atoms with E-state index in [2.05, 4.69) is 35.3 Å². The number of benzene rings is 1. The van der Waals surface area contributed by atoms with Gasteiger partial charge in [-0.25, -0.2) is 0 Å². The molecule has 3 rings (SSSR count). The summed E-state index contributed by atoms with van der Waals surface area (Å²) in [6, 6.07) is 7.33. The highest BCUT2D eigenvalue weighted by molar-refractivity contribution is 5.36. The maximum Gasteiger partial charge on any atom is 0.123 e. The van der Waals surface area contributed by atoms with Crippen molar-refractivity contribution < 1.29 is 4.74 Å². The van der Waals surface area contributed by atoms with Crippen molar-refractivity contribution in [3.8, 4) is 5.75 Å². The van der Waals surface area contributed by atoms with E-state index in [1.807, 2.05) is 0 Å². The van der Waals surface area contributed by atoms with E-state index in [4.69, 9.17) is 4.74 Å². The lowest BCUT2D eigenvalue weighted by atomic mass is 9.98. The van der Waals surface area contributed by atoms with E-state index >= 15 is 0 Å². The first-order valence-electron chi connectivity index (χ1n) is 8.34. The second-order valence-corrected chi connectivity index (χ2v) is 6.69. The highest BCUT2D eigenvalue weighted by Gasteiger charge is 2.31. The smallest absolute Gasteiger partial charge is 0.123 e. The molecule has 1 aliphatic carbocycles. The van der Waals surface area contributed by atoms with Crippen LogP contribution in [0, 0.1) is 12.8 Å². The number of hydrogen-bond donors (Lipinski definition) is 1. The molecule has 21 heavy (non-hydrogen) atoms. The molecular weight excluding hydrogens is 260 g/mol. The van der Waals surface area contributed by atoms with Gasteiger partial charge >= 0.3 is 0 Å². The van der Waals surface area contributed by atoms with E-state index in [9.17, 15) is 0 Å². The maximum absolute atomic E-state index is 5.55. The minimum atomic E-state index is 0.803. The fourth-order valence-electron chi connectivity index (χ4n) is 3.44. The van der Waals surface area contributed by atoms with Crippen molar-refractivity contribution in [1.29, 1.82) is 0 Å². The van der Waals surface area contributed by atoms with Crippen molar-refractivity contribution in [2.45, 2.75) is 45.2 Å². The Balaban J connectivity index is 1.68. The molecule has 2 fully saturated rings. The summed E-state index contributed by atoms with van der Waals surface area (Å²) in [7, 11) is 1.78. The summed E-state index contributed by atoms with van der Waals surface area (Å²) >= 11 is 0. The number of aryl methyl sites for hydroxylation is 1. The molecule has 3 nitrogen and oxygen atoms in total. The van der Waals surface area contributed by atoms with Gasteiger partial charge in [-0.3, -0.25) is 4.90 Å². The molecule has 3 heteroatoms. The van der Waals surface area contributed by atoms with Crippen LogP contribution in [0.4, 0.5) is 0 Å². The van der Waals surface area contributed by atoms with E-state index in [1.54, 1.807) is 7.11 Å². The lowest BCUT2D eigenvalue weighted by molar-refractivity contribution is 0.191. The molecule has 1 N–H and O–H groups in total. The van der Waals surface area contributed by atoms with Crippen molar-refractivity contribution in [1.82, 2.24) is 10.2 Å². The Labute approximate surface area is 128 Å². The van der Waals surface area contributed by atoms with Crippen LogP contribution in [0.25, 0.3) is 0 Å². The van der Waals surface area contributed by atoms with Gasteiger partial charge in [0.1, 0.15) is 5.75 Å². The monoisotopic (exact) mass is 288 g/mol. The molecule has 0 bridgehead atoms. The third kappa shape index (κ3) is 3.98. The Hall–Kier alpha value is -1.06. The van der Waals surface area contributed by atoms with Gasteiger partial charge in [0.15, 0.2) is 0 Å². The van der Waals surface area contributed by atoms with Gasteiger partial charge in [0.2, 0.25) is 0 Å². The van der Waals surface area contributed by atoms with Crippen LogP contribution in [-0.2, 0) is 6.54 Å². The maximum atomic E-state index is 5.55. The number of rotatable bonds is 6. The summed E-state index contributed by atoms with van der Waals surface area (Å²) < 4.78 is 5.55. The van der Waals surface area contributed by atoms with Crippen LogP contribution < -0.4 is 10.1 Å². The Morgan fingerprint density at radius 1 is 1.29 bits per heavy atom. The molecule has 1 aromatic carbocycles. The van der Waals surface area contributed by atoms with Gasteiger partial charge in [-0.15, -0.1) is 0 Å². The molecule has 0 aromatic heterocycles. The van der Waals surface area contributed by atoms with Gasteiger partial charge in [-0.2, -0.15) is 0 Å². The average Bonchev–Trinajstić information content (AvgIpc) is 3.33.